The molecule has 7 heteroatoms. The number of anilines is 1. The Bertz CT molecular complexity index is 1060. The lowest BCUT2D eigenvalue weighted by atomic mass is 10.0. The van der Waals surface area contributed by atoms with E-state index < -0.39 is 6.04 Å². The Kier molecular flexibility index (Phi) is 4.55. The topological polar surface area (TPSA) is 105 Å². The summed E-state index contributed by atoms with van der Waals surface area (Å²) in [6.07, 6.45) is 2.60. The Labute approximate surface area is 174 Å². The van der Waals surface area contributed by atoms with Gasteiger partial charge in [-0.1, -0.05) is 24.3 Å². The normalized spacial score (nSPS) is 22.7. The second-order valence-electron chi connectivity index (χ2n) is 8.26. The molecule has 30 heavy (non-hydrogen) atoms. The third-order valence-electron chi connectivity index (χ3n) is 6.39. The van der Waals surface area contributed by atoms with Gasteiger partial charge in [-0.05, 0) is 53.6 Å². The molecule has 1 fully saturated rings. The first-order valence-corrected chi connectivity index (χ1v) is 10.4. The van der Waals surface area contributed by atoms with E-state index in [0.717, 1.165) is 29.7 Å². The molecule has 2 aromatic carbocycles. The maximum Gasteiger partial charge on any atom is 0.255 e. The number of aryl methyl sites for hydroxylation is 1. The number of benzene rings is 2. The van der Waals surface area contributed by atoms with Gasteiger partial charge in [0.1, 0.15) is 6.04 Å². The van der Waals surface area contributed by atoms with E-state index in [4.69, 9.17) is 5.73 Å². The minimum atomic E-state index is -0.593. The van der Waals surface area contributed by atoms with E-state index in [9.17, 15) is 14.4 Å². The molecular formula is C23H24N4O3. The van der Waals surface area contributed by atoms with Gasteiger partial charge in [0, 0.05) is 36.8 Å². The number of nitrogens with two attached hydrogens (primary N) is 1. The van der Waals surface area contributed by atoms with Crippen LogP contribution in [0.4, 0.5) is 5.69 Å². The van der Waals surface area contributed by atoms with E-state index in [-0.39, 0.29) is 30.2 Å². The van der Waals surface area contributed by atoms with E-state index in [1.165, 1.54) is 11.1 Å². The summed E-state index contributed by atoms with van der Waals surface area (Å²) in [5, 5.41) is 5.77. The van der Waals surface area contributed by atoms with Crippen molar-refractivity contribution in [3.63, 3.8) is 0 Å². The Balaban J connectivity index is 1.34. The van der Waals surface area contributed by atoms with E-state index >= 15 is 0 Å². The fraction of sp³-hybridized carbons (Fsp3) is 0.348. The first kappa shape index (κ1) is 18.8. The minimum Gasteiger partial charge on any atom is -0.381 e. The zero-order chi connectivity index (χ0) is 20.8. The molecule has 2 atom stereocenters. The maximum absolute atomic E-state index is 13.2. The van der Waals surface area contributed by atoms with Crippen LogP contribution in [0.2, 0.25) is 0 Å². The van der Waals surface area contributed by atoms with Gasteiger partial charge >= 0.3 is 0 Å². The molecule has 2 aliphatic heterocycles. The summed E-state index contributed by atoms with van der Waals surface area (Å²) in [5.74, 6) is -0.805. The standard InChI is InChI=1S/C23H24N4O3/c24-18-7-4-13-10-16(5-6-17(13)18)25-11-14-2-1-3-15-12-27(23(30)21(14)15)19-8-9-20(28)26-22(19)29/h1-3,5-6,10,18-19,25H,4,7-9,11-12,24H2,(H,26,28,29)/t18-,19?/m0/s1. The third-order valence-corrected chi connectivity index (χ3v) is 6.39. The van der Waals surface area contributed by atoms with Crippen LogP contribution in [0.1, 0.15) is 57.9 Å². The molecule has 0 radical (unpaired) electrons. The fourth-order valence-corrected chi connectivity index (χ4v) is 4.79. The average Bonchev–Trinajstić information content (AvgIpc) is 3.27. The van der Waals surface area contributed by atoms with Crippen molar-refractivity contribution in [3.05, 3.63) is 64.2 Å². The minimum absolute atomic E-state index is 0.127. The van der Waals surface area contributed by atoms with Gasteiger partial charge in [0.2, 0.25) is 11.8 Å². The zero-order valence-electron chi connectivity index (χ0n) is 16.6. The van der Waals surface area contributed by atoms with Gasteiger partial charge in [-0.3, -0.25) is 19.7 Å². The fourth-order valence-electron chi connectivity index (χ4n) is 4.79. The number of hydrogen-bond acceptors (Lipinski definition) is 5. The molecule has 3 amide bonds. The summed E-state index contributed by atoms with van der Waals surface area (Å²) in [4.78, 5) is 38.5. The Hall–Kier alpha value is -3.19. The van der Waals surface area contributed by atoms with Crippen molar-refractivity contribution in [2.24, 2.45) is 5.73 Å². The molecular weight excluding hydrogens is 380 g/mol. The summed E-state index contributed by atoms with van der Waals surface area (Å²) in [7, 11) is 0. The highest BCUT2D eigenvalue weighted by atomic mass is 16.2. The molecule has 4 N–H and O–H groups in total. The van der Waals surface area contributed by atoms with Crippen LogP contribution in [-0.4, -0.2) is 28.7 Å². The lowest BCUT2D eigenvalue weighted by Crippen LogP contribution is -2.52. The van der Waals surface area contributed by atoms with Crippen molar-refractivity contribution < 1.29 is 14.4 Å². The van der Waals surface area contributed by atoms with Gasteiger partial charge in [0.05, 0.1) is 0 Å². The third kappa shape index (κ3) is 3.15. The van der Waals surface area contributed by atoms with Crippen molar-refractivity contribution >= 4 is 23.4 Å². The van der Waals surface area contributed by atoms with Gasteiger partial charge in [0.25, 0.3) is 5.91 Å². The monoisotopic (exact) mass is 404 g/mol. The van der Waals surface area contributed by atoms with Crippen LogP contribution < -0.4 is 16.4 Å². The van der Waals surface area contributed by atoms with Crippen LogP contribution in [0.15, 0.2) is 36.4 Å². The molecule has 3 aliphatic rings. The number of amides is 3. The number of hydrogen-bond donors (Lipinski definition) is 3. The lowest BCUT2D eigenvalue weighted by Gasteiger charge is -2.29. The summed E-state index contributed by atoms with van der Waals surface area (Å²) >= 11 is 0. The number of nitrogens with zero attached hydrogens (tertiary/aromatic N) is 1. The summed E-state index contributed by atoms with van der Waals surface area (Å²) in [5.41, 5.74) is 12.1. The van der Waals surface area contributed by atoms with E-state index in [2.05, 4.69) is 22.8 Å². The smallest absolute Gasteiger partial charge is 0.255 e. The molecule has 2 aromatic rings. The molecule has 1 aliphatic carbocycles. The molecule has 1 saturated heterocycles. The van der Waals surface area contributed by atoms with Gasteiger partial charge in [-0.2, -0.15) is 0 Å². The summed E-state index contributed by atoms with van der Waals surface area (Å²) in [6, 6.07) is 11.6. The predicted molar refractivity (Wildman–Crippen MR) is 112 cm³/mol. The highest BCUT2D eigenvalue weighted by molar-refractivity contribution is 6.06. The van der Waals surface area contributed by atoms with Gasteiger partial charge in [-0.15, -0.1) is 0 Å². The number of carbonyl (C=O) groups is 3. The highest BCUT2D eigenvalue weighted by Gasteiger charge is 2.39. The molecule has 1 unspecified atom stereocenters. The second kappa shape index (κ2) is 7.25. The molecule has 2 heterocycles. The van der Waals surface area contributed by atoms with Crippen LogP contribution in [0, 0.1) is 0 Å². The predicted octanol–water partition coefficient (Wildman–Crippen LogP) is 2.01. The summed E-state index contributed by atoms with van der Waals surface area (Å²) < 4.78 is 0. The van der Waals surface area contributed by atoms with Crippen molar-refractivity contribution in [2.75, 3.05) is 5.32 Å². The molecule has 0 spiro atoms. The first-order chi connectivity index (χ1) is 14.5. The molecule has 0 saturated carbocycles. The quantitative estimate of drug-likeness (QED) is 0.676. The van der Waals surface area contributed by atoms with E-state index in [1.54, 1.807) is 4.90 Å². The average molecular weight is 404 g/mol. The number of rotatable bonds is 4. The molecule has 5 rings (SSSR count). The van der Waals surface area contributed by atoms with Crippen LogP contribution in [0.5, 0.6) is 0 Å². The van der Waals surface area contributed by atoms with Gasteiger partial charge in [0.15, 0.2) is 0 Å². The van der Waals surface area contributed by atoms with Gasteiger partial charge in [-0.25, -0.2) is 0 Å². The van der Waals surface area contributed by atoms with Crippen LogP contribution in [0.3, 0.4) is 0 Å². The van der Waals surface area contributed by atoms with E-state index in [1.807, 2.05) is 24.3 Å². The summed E-state index contributed by atoms with van der Waals surface area (Å²) in [6.45, 7) is 0.911. The Morgan fingerprint density at radius 3 is 2.77 bits per heavy atom. The lowest BCUT2D eigenvalue weighted by molar-refractivity contribution is -0.136. The molecule has 0 bridgehead atoms. The SMILES string of the molecule is N[C@H]1CCc2cc(NCc3cccc4c3C(=O)N(C3CCC(=O)NC3=O)C4)ccc21. The van der Waals surface area contributed by atoms with Gasteiger partial charge < -0.3 is 16.0 Å². The molecule has 0 aromatic heterocycles. The van der Waals surface area contributed by atoms with Crippen molar-refractivity contribution in [1.82, 2.24) is 10.2 Å². The molecule has 154 valence electrons. The maximum atomic E-state index is 13.2. The second-order valence-corrected chi connectivity index (χ2v) is 8.26. The zero-order valence-corrected chi connectivity index (χ0v) is 16.6. The number of nitrogens with one attached hydrogen (secondary N) is 2. The van der Waals surface area contributed by atoms with E-state index in [0.29, 0.717) is 25.1 Å². The largest absolute Gasteiger partial charge is 0.381 e. The Morgan fingerprint density at radius 2 is 1.93 bits per heavy atom. The molecule has 7 nitrogen and oxygen atoms in total. The first-order valence-electron chi connectivity index (χ1n) is 10.4. The number of imide groups is 1. The van der Waals surface area contributed by atoms with Crippen LogP contribution >= 0.6 is 0 Å². The van der Waals surface area contributed by atoms with Crippen molar-refractivity contribution in [1.29, 1.82) is 0 Å². The Morgan fingerprint density at radius 1 is 1.07 bits per heavy atom. The van der Waals surface area contributed by atoms with Crippen LogP contribution in [-0.2, 0) is 29.1 Å². The van der Waals surface area contributed by atoms with Crippen molar-refractivity contribution in [2.45, 2.75) is 50.9 Å². The highest BCUT2D eigenvalue weighted by Crippen LogP contribution is 2.32. The number of carbonyl (C=O) groups excluding carboxylic acids is 3. The number of piperidine rings is 1. The van der Waals surface area contributed by atoms with Crippen molar-refractivity contribution in [3.8, 4) is 0 Å². The van der Waals surface area contributed by atoms with Crippen LogP contribution in [0.25, 0.3) is 0 Å². The number of fused-ring (bicyclic) bond motifs is 2.